The maximum absolute atomic E-state index is 10.3. The second-order valence-electron chi connectivity index (χ2n) is 2.14. The molecule has 0 aliphatic carbocycles. The second-order valence-corrected chi connectivity index (χ2v) is 2.14. The van der Waals surface area contributed by atoms with Crippen LogP contribution < -0.4 is 5.73 Å². The summed E-state index contributed by atoms with van der Waals surface area (Å²) in [5, 5.41) is 0. The number of nitrogens with two attached hydrogens (primary N) is 1. The average molecular weight is 151 g/mol. The molecule has 0 spiro atoms. The largest absolute Gasteiger partial charge is 0.399 e. The molecule has 0 saturated carbocycles. The average Bonchev–Trinajstić information content (AvgIpc) is 1.97. The van der Waals surface area contributed by atoms with E-state index in [2.05, 4.69) is 6.58 Å². The third-order valence-corrected chi connectivity index (χ3v) is 1.07. The van der Waals surface area contributed by atoms with Crippen molar-refractivity contribution in [3.8, 4) is 0 Å². The summed E-state index contributed by atoms with van der Waals surface area (Å²) >= 11 is 0. The van der Waals surface area contributed by atoms with Crippen LogP contribution in [0.25, 0.3) is 0 Å². The van der Waals surface area contributed by atoms with Crippen molar-refractivity contribution in [3.05, 3.63) is 36.1 Å². The van der Waals surface area contributed by atoms with Crippen LogP contribution >= 0.6 is 0 Å². The molecule has 0 saturated heterocycles. The summed E-state index contributed by atoms with van der Waals surface area (Å²) in [6.45, 7) is 5.44. The third kappa shape index (κ3) is 5.15. The van der Waals surface area contributed by atoms with Gasteiger partial charge in [-0.1, -0.05) is 25.7 Å². The van der Waals surface area contributed by atoms with Crippen molar-refractivity contribution < 1.29 is 4.79 Å². The van der Waals surface area contributed by atoms with Crippen LogP contribution in [-0.2, 0) is 4.79 Å². The van der Waals surface area contributed by atoms with Crippen molar-refractivity contribution in [2.45, 2.75) is 13.3 Å². The summed E-state index contributed by atoms with van der Waals surface area (Å²) in [5.41, 5.74) is 6.36. The zero-order valence-corrected chi connectivity index (χ0v) is 6.71. The molecule has 11 heavy (non-hydrogen) atoms. The summed E-state index contributed by atoms with van der Waals surface area (Å²) in [6, 6.07) is 0. The number of hydrogen-bond acceptors (Lipinski definition) is 2. The molecule has 0 aliphatic heterocycles. The first kappa shape index (κ1) is 9.69. The van der Waals surface area contributed by atoms with Gasteiger partial charge in [-0.2, -0.15) is 0 Å². The molecule has 0 amide bonds. The van der Waals surface area contributed by atoms with E-state index in [9.17, 15) is 4.79 Å². The van der Waals surface area contributed by atoms with Gasteiger partial charge in [0, 0.05) is 11.3 Å². The van der Waals surface area contributed by atoms with E-state index in [0.717, 1.165) is 12.7 Å². The fraction of sp³-hybridized carbons (Fsp3) is 0.222. The van der Waals surface area contributed by atoms with Crippen LogP contribution in [0.3, 0.4) is 0 Å². The molecular weight excluding hydrogens is 138 g/mol. The molecule has 0 fully saturated rings. The van der Waals surface area contributed by atoms with E-state index in [4.69, 9.17) is 5.73 Å². The van der Waals surface area contributed by atoms with E-state index in [1.54, 1.807) is 12.2 Å². The van der Waals surface area contributed by atoms with E-state index in [-0.39, 0.29) is 0 Å². The van der Waals surface area contributed by atoms with Crippen molar-refractivity contribution in [1.82, 2.24) is 0 Å². The van der Waals surface area contributed by atoms with Crippen molar-refractivity contribution in [2.75, 3.05) is 0 Å². The van der Waals surface area contributed by atoms with Crippen molar-refractivity contribution in [3.63, 3.8) is 0 Å². The highest BCUT2D eigenvalue weighted by Crippen LogP contribution is 1.96. The number of aldehydes is 1. The highest BCUT2D eigenvalue weighted by molar-refractivity contribution is 5.77. The Labute approximate surface area is 67.1 Å². The molecule has 60 valence electrons. The van der Waals surface area contributed by atoms with Gasteiger partial charge in [-0.15, -0.1) is 0 Å². The van der Waals surface area contributed by atoms with Gasteiger partial charge in [0.2, 0.25) is 0 Å². The first-order valence-electron chi connectivity index (χ1n) is 3.48. The Morgan fingerprint density at radius 3 is 2.55 bits per heavy atom. The van der Waals surface area contributed by atoms with Crippen LogP contribution in [-0.4, -0.2) is 6.29 Å². The molecule has 0 radical (unpaired) electrons. The Morgan fingerprint density at radius 1 is 1.55 bits per heavy atom. The SMILES string of the molecule is C=C(N)/C=C\C(C=O)=C/CC. The number of carbonyl (C=O) groups is 1. The van der Waals surface area contributed by atoms with Crippen LogP contribution in [0.5, 0.6) is 0 Å². The minimum absolute atomic E-state index is 0.453. The molecular formula is C9H13NO. The van der Waals surface area contributed by atoms with Crippen molar-refractivity contribution in [2.24, 2.45) is 5.73 Å². The third-order valence-electron chi connectivity index (χ3n) is 1.07. The van der Waals surface area contributed by atoms with Crippen LogP contribution in [0.4, 0.5) is 0 Å². The molecule has 0 unspecified atom stereocenters. The van der Waals surface area contributed by atoms with E-state index < -0.39 is 0 Å². The van der Waals surface area contributed by atoms with Crippen molar-refractivity contribution >= 4 is 6.29 Å². The maximum atomic E-state index is 10.3. The summed E-state index contributed by atoms with van der Waals surface area (Å²) in [7, 11) is 0. The molecule has 2 nitrogen and oxygen atoms in total. The lowest BCUT2D eigenvalue weighted by molar-refractivity contribution is -0.104. The standard InChI is InChI=1S/C9H13NO/c1-3-4-9(7-11)6-5-8(2)10/h4-7H,2-3,10H2,1H3/b6-5-,9-4+. The Kier molecular flexibility index (Phi) is 4.82. The first-order valence-corrected chi connectivity index (χ1v) is 3.48. The maximum Gasteiger partial charge on any atom is 0.149 e. The summed E-state index contributed by atoms with van der Waals surface area (Å²) in [5.74, 6) is 0. The zero-order valence-electron chi connectivity index (χ0n) is 6.71. The molecule has 0 aromatic carbocycles. The lowest BCUT2D eigenvalue weighted by Crippen LogP contribution is -1.89. The molecule has 0 aromatic rings. The molecule has 0 heterocycles. The van der Waals surface area contributed by atoms with Gasteiger partial charge in [-0.3, -0.25) is 4.79 Å². The van der Waals surface area contributed by atoms with E-state index >= 15 is 0 Å². The topological polar surface area (TPSA) is 43.1 Å². The highest BCUT2D eigenvalue weighted by atomic mass is 16.1. The number of hydrogen-bond donors (Lipinski definition) is 1. The first-order chi connectivity index (χ1) is 5.20. The number of rotatable bonds is 4. The molecule has 2 heteroatoms. The Balaban J connectivity index is 4.19. The molecule has 0 rings (SSSR count). The predicted octanol–water partition coefficient (Wildman–Crippen LogP) is 1.55. The number of carbonyl (C=O) groups excluding carboxylic acids is 1. The molecule has 0 aliphatic rings. The summed E-state index contributed by atoms with van der Waals surface area (Å²) in [4.78, 5) is 10.3. The van der Waals surface area contributed by atoms with Gasteiger partial charge < -0.3 is 5.73 Å². The quantitative estimate of drug-likeness (QED) is 0.376. The van der Waals surface area contributed by atoms with Gasteiger partial charge in [-0.25, -0.2) is 0 Å². The Morgan fingerprint density at radius 2 is 2.18 bits per heavy atom. The van der Waals surface area contributed by atoms with Gasteiger partial charge in [-0.05, 0) is 12.5 Å². The van der Waals surface area contributed by atoms with Gasteiger partial charge in [0.1, 0.15) is 6.29 Å². The van der Waals surface area contributed by atoms with Gasteiger partial charge in [0.05, 0.1) is 0 Å². The predicted molar refractivity (Wildman–Crippen MR) is 46.9 cm³/mol. The fourth-order valence-electron chi connectivity index (χ4n) is 0.594. The van der Waals surface area contributed by atoms with Gasteiger partial charge in [0.25, 0.3) is 0 Å². The second kappa shape index (κ2) is 5.47. The number of allylic oxidation sites excluding steroid dienone is 4. The van der Waals surface area contributed by atoms with Crippen LogP contribution in [0.15, 0.2) is 36.1 Å². The van der Waals surface area contributed by atoms with Crippen LogP contribution in [0.1, 0.15) is 13.3 Å². The Bertz CT molecular complexity index is 202. The van der Waals surface area contributed by atoms with E-state index in [1.807, 2.05) is 13.0 Å². The Hall–Kier alpha value is -1.31. The zero-order chi connectivity index (χ0) is 8.69. The monoisotopic (exact) mass is 151 g/mol. The van der Waals surface area contributed by atoms with Crippen molar-refractivity contribution in [1.29, 1.82) is 0 Å². The minimum Gasteiger partial charge on any atom is -0.399 e. The highest BCUT2D eigenvalue weighted by Gasteiger charge is 1.85. The van der Waals surface area contributed by atoms with Crippen LogP contribution in [0.2, 0.25) is 0 Å². The minimum atomic E-state index is 0.453. The van der Waals surface area contributed by atoms with E-state index in [1.165, 1.54) is 0 Å². The molecule has 0 bridgehead atoms. The normalized spacial score (nSPS) is 11.9. The van der Waals surface area contributed by atoms with E-state index in [0.29, 0.717) is 11.3 Å². The fourth-order valence-corrected chi connectivity index (χ4v) is 0.594. The lowest BCUT2D eigenvalue weighted by atomic mass is 10.2. The summed E-state index contributed by atoms with van der Waals surface area (Å²) < 4.78 is 0. The smallest absolute Gasteiger partial charge is 0.149 e. The summed E-state index contributed by atoms with van der Waals surface area (Å²) in [6.07, 6.45) is 6.72. The lowest BCUT2D eigenvalue weighted by Gasteiger charge is -1.88. The van der Waals surface area contributed by atoms with Crippen LogP contribution in [0, 0.1) is 0 Å². The molecule has 2 N–H and O–H groups in total. The molecule has 0 aromatic heterocycles. The van der Waals surface area contributed by atoms with Gasteiger partial charge >= 0.3 is 0 Å². The van der Waals surface area contributed by atoms with Gasteiger partial charge in [0.15, 0.2) is 0 Å². The molecule has 0 atom stereocenters.